The van der Waals surface area contributed by atoms with Gasteiger partial charge in [0.2, 0.25) is 0 Å². The molecule has 2 aromatic carbocycles. The van der Waals surface area contributed by atoms with Crippen LogP contribution in [0.3, 0.4) is 0 Å². The van der Waals surface area contributed by atoms with Crippen LogP contribution in [0.1, 0.15) is 28.0 Å². The van der Waals surface area contributed by atoms with Gasteiger partial charge in [0, 0.05) is 39.8 Å². The predicted molar refractivity (Wildman–Crippen MR) is 139 cm³/mol. The third-order valence-electron chi connectivity index (χ3n) is 7.43. The molecule has 2 unspecified atom stereocenters. The van der Waals surface area contributed by atoms with Crippen molar-refractivity contribution in [2.75, 3.05) is 46.5 Å². The summed E-state index contributed by atoms with van der Waals surface area (Å²) in [7, 11) is -1.60. The van der Waals surface area contributed by atoms with E-state index in [4.69, 9.17) is 14.6 Å². The van der Waals surface area contributed by atoms with Gasteiger partial charge in [-0.15, -0.1) is 0 Å². The first-order valence-corrected chi connectivity index (χ1v) is 14.3. The molecule has 0 spiro atoms. The lowest BCUT2D eigenvalue weighted by atomic mass is 10.0. The number of amides is 1. The molecule has 0 saturated carbocycles. The first-order chi connectivity index (χ1) is 17.9. The smallest absolute Gasteiger partial charge is 0.275 e. The number of ether oxygens (including phenoxy) is 2. The summed E-state index contributed by atoms with van der Waals surface area (Å²) in [5.41, 5.74) is 4.06. The fourth-order valence-corrected chi connectivity index (χ4v) is 7.15. The summed E-state index contributed by atoms with van der Waals surface area (Å²) in [6, 6.07) is 15.3. The van der Waals surface area contributed by atoms with E-state index in [0.717, 1.165) is 37.3 Å². The number of carbonyl (C=O) groups excluding carboxylic acids is 1. The van der Waals surface area contributed by atoms with E-state index >= 15 is 0 Å². The number of likely N-dealkylation sites (tertiary alicyclic amines) is 1. The molecular formula is C27H31N4O5S+. The maximum Gasteiger partial charge on any atom is 0.275 e. The topological polar surface area (TPSA) is 97.1 Å². The Kier molecular flexibility index (Phi) is 6.46. The Morgan fingerprint density at radius 1 is 1.16 bits per heavy atom. The number of fused-ring (bicyclic) bond motifs is 3. The van der Waals surface area contributed by atoms with Crippen molar-refractivity contribution in [1.29, 1.82) is 0 Å². The molecule has 2 fully saturated rings. The minimum Gasteiger partial charge on any atom is -0.380 e. The lowest BCUT2D eigenvalue weighted by Gasteiger charge is -2.26. The lowest BCUT2D eigenvalue weighted by molar-refractivity contribution is 0.0298. The molecule has 6 rings (SSSR count). The molecular weight excluding hydrogens is 492 g/mol. The standard InChI is InChI=1S/C27H30N4O5S/c1-35-21-9-10-29(17-21)16-19-5-4-6-20(15-19)31-26-22-7-2-3-8-24(22)37(33,34)18-23(26)25(28-31)27(32)30-11-13-36-14-12-30/h2-8,15,21H,9-14,16-18H2,1H3/p+1. The second-order valence-corrected chi connectivity index (χ2v) is 11.8. The lowest BCUT2D eigenvalue weighted by Crippen LogP contribution is -2.41. The van der Waals surface area contributed by atoms with Gasteiger partial charge in [0.15, 0.2) is 16.3 Å². The summed E-state index contributed by atoms with van der Waals surface area (Å²) in [5, 5.41) is 4.81. The molecule has 1 aromatic heterocycles. The SMILES string of the molecule is COC1CCN(Cc2cccc(-n3nc(C(=O)N4CCOCC4)c4c3-c3ccccc3[S+](=O)(O)C4)c2)C1. The van der Waals surface area contributed by atoms with Gasteiger partial charge in [-0.05, 0) is 36.2 Å². The summed E-state index contributed by atoms with van der Waals surface area (Å²) in [6.45, 7) is 4.55. The van der Waals surface area contributed by atoms with Crippen LogP contribution in [-0.2, 0) is 36.2 Å². The zero-order valence-corrected chi connectivity index (χ0v) is 21.7. The van der Waals surface area contributed by atoms with Gasteiger partial charge in [0.1, 0.15) is 0 Å². The highest BCUT2D eigenvalue weighted by Gasteiger charge is 2.44. The van der Waals surface area contributed by atoms with E-state index in [2.05, 4.69) is 17.0 Å². The van der Waals surface area contributed by atoms with Crippen LogP contribution >= 0.6 is 0 Å². The highest BCUT2D eigenvalue weighted by molar-refractivity contribution is 7.97. The Bertz CT molecular complexity index is 1380. The van der Waals surface area contributed by atoms with E-state index in [1.54, 1.807) is 28.8 Å². The zero-order valence-electron chi connectivity index (χ0n) is 20.8. The van der Waals surface area contributed by atoms with E-state index in [9.17, 15) is 13.6 Å². The minimum absolute atomic E-state index is 0.142. The molecule has 3 aliphatic rings. The average molecular weight is 524 g/mol. The predicted octanol–water partition coefficient (Wildman–Crippen LogP) is 3.08. The molecule has 1 amide bonds. The number of methoxy groups -OCH3 is 1. The Hall–Kier alpha value is -2.89. The number of hydrogen-bond acceptors (Lipinski definition) is 6. The number of hydrogen-bond donors (Lipinski definition) is 1. The molecule has 3 aliphatic heterocycles. The van der Waals surface area contributed by atoms with Gasteiger partial charge in [0.05, 0.1) is 41.8 Å². The number of aromatic nitrogens is 2. The Morgan fingerprint density at radius 3 is 2.76 bits per heavy atom. The summed E-state index contributed by atoms with van der Waals surface area (Å²) in [5.74, 6) is -0.372. The molecule has 2 atom stereocenters. The maximum absolute atomic E-state index is 13.6. The molecule has 2 saturated heterocycles. The molecule has 37 heavy (non-hydrogen) atoms. The Labute approximate surface area is 217 Å². The third kappa shape index (κ3) is 4.53. The van der Waals surface area contributed by atoms with Crippen molar-refractivity contribution in [3.05, 3.63) is 65.4 Å². The zero-order chi connectivity index (χ0) is 25.6. The van der Waals surface area contributed by atoms with Crippen LogP contribution in [0.25, 0.3) is 16.9 Å². The molecule has 9 nitrogen and oxygen atoms in total. The van der Waals surface area contributed by atoms with Crippen LogP contribution in [0.4, 0.5) is 0 Å². The van der Waals surface area contributed by atoms with Gasteiger partial charge in [-0.3, -0.25) is 9.69 Å². The van der Waals surface area contributed by atoms with Crippen LogP contribution in [0.5, 0.6) is 0 Å². The molecule has 0 bridgehead atoms. The summed E-state index contributed by atoms with van der Waals surface area (Å²) < 4.78 is 37.0. The van der Waals surface area contributed by atoms with Crippen molar-refractivity contribution >= 4 is 16.1 Å². The van der Waals surface area contributed by atoms with Gasteiger partial charge in [0.25, 0.3) is 16.1 Å². The summed E-state index contributed by atoms with van der Waals surface area (Å²) >= 11 is 0. The van der Waals surface area contributed by atoms with Crippen molar-refractivity contribution in [2.45, 2.75) is 29.7 Å². The van der Waals surface area contributed by atoms with Crippen molar-refractivity contribution in [3.8, 4) is 16.9 Å². The van der Waals surface area contributed by atoms with Crippen LogP contribution in [0.15, 0.2) is 53.4 Å². The van der Waals surface area contributed by atoms with Gasteiger partial charge < -0.3 is 14.4 Å². The quantitative estimate of drug-likeness (QED) is 0.514. The summed E-state index contributed by atoms with van der Waals surface area (Å²) in [4.78, 5) is 18.1. The van der Waals surface area contributed by atoms with Gasteiger partial charge in [-0.1, -0.05) is 28.5 Å². The maximum atomic E-state index is 13.6. The largest absolute Gasteiger partial charge is 0.380 e. The van der Waals surface area contributed by atoms with Crippen LogP contribution in [0, 0.1) is 0 Å². The van der Waals surface area contributed by atoms with Crippen molar-refractivity contribution in [3.63, 3.8) is 0 Å². The first-order valence-electron chi connectivity index (χ1n) is 12.6. The second kappa shape index (κ2) is 9.77. The number of carbonyl (C=O) groups is 1. The first kappa shape index (κ1) is 24.4. The van der Waals surface area contributed by atoms with Crippen LogP contribution in [-0.4, -0.2) is 82.6 Å². The number of rotatable bonds is 5. The third-order valence-corrected chi connectivity index (χ3v) is 9.16. The molecule has 194 valence electrons. The Morgan fingerprint density at radius 2 is 1.97 bits per heavy atom. The van der Waals surface area contributed by atoms with Crippen molar-refractivity contribution in [1.82, 2.24) is 19.6 Å². The number of nitrogens with zero attached hydrogens (tertiary/aromatic N) is 4. The van der Waals surface area contributed by atoms with Gasteiger partial charge in [-0.2, -0.15) is 9.65 Å². The highest BCUT2D eigenvalue weighted by Crippen LogP contribution is 2.43. The number of benzene rings is 2. The van der Waals surface area contributed by atoms with Gasteiger partial charge >= 0.3 is 0 Å². The van der Waals surface area contributed by atoms with E-state index < -0.39 is 10.2 Å². The average Bonchev–Trinajstić information content (AvgIpc) is 3.53. The molecule has 3 aromatic rings. The van der Waals surface area contributed by atoms with E-state index in [-0.39, 0.29) is 23.5 Å². The Balaban J connectivity index is 1.44. The molecule has 0 aliphatic carbocycles. The van der Waals surface area contributed by atoms with E-state index in [0.29, 0.717) is 48.0 Å². The van der Waals surface area contributed by atoms with E-state index in [1.165, 1.54) is 0 Å². The van der Waals surface area contributed by atoms with Gasteiger partial charge in [-0.25, -0.2) is 4.68 Å². The second-order valence-electron chi connectivity index (χ2n) is 9.82. The fraction of sp³-hybridized carbons (Fsp3) is 0.407. The molecule has 1 N–H and O–H groups in total. The molecule has 4 heterocycles. The van der Waals surface area contributed by atoms with Crippen LogP contribution in [0.2, 0.25) is 0 Å². The number of morpholine rings is 1. The van der Waals surface area contributed by atoms with Crippen molar-refractivity contribution in [2.24, 2.45) is 0 Å². The normalized spacial score (nSPS) is 23.6. The van der Waals surface area contributed by atoms with Crippen molar-refractivity contribution < 1.29 is 23.0 Å². The minimum atomic E-state index is -3.36. The van der Waals surface area contributed by atoms with E-state index in [1.807, 2.05) is 24.3 Å². The van der Waals surface area contributed by atoms with Crippen LogP contribution < -0.4 is 0 Å². The molecule has 0 radical (unpaired) electrons. The summed E-state index contributed by atoms with van der Waals surface area (Å²) in [6.07, 6.45) is 1.28. The highest BCUT2D eigenvalue weighted by atomic mass is 32.3. The molecule has 10 heteroatoms. The monoisotopic (exact) mass is 523 g/mol. The fourth-order valence-electron chi connectivity index (χ4n) is 5.53.